The first-order valence-electron chi connectivity index (χ1n) is 13.4. The van der Waals surface area contributed by atoms with Crippen LogP contribution in [0, 0.1) is 0 Å². The molecule has 6 aromatic carbocycles. The smallest absolute Gasteiger partial charge is 0.207 e. The Balaban J connectivity index is 1.58. The number of hydrogen-bond donors (Lipinski definition) is 2. The number of sulfonamides is 2. The Kier molecular flexibility index (Phi) is 7.62. The molecule has 6 rings (SSSR count). The molecule has 0 amide bonds. The van der Waals surface area contributed by atoms with Crippen LogP contribution in [0.4, 0.5) is 0 Å². The normalized spacial score (nSPS) is 12.1. The van der Waals surface area contributed by atoms with Gasteiger partial charge in [0.15, 0.2) is 0 Å². The van der Waals surface area contributed by atoms with Crippen LogP contribution >= 0.6 is 0 Å². The Bertz CT molecular complexity index is 1960. The second-order valence-electron chi connectivity index (χ2n) is 9.94. The monoisotopic (exact) mass is 592 g/mol. The average Bonchev–Trinajstić information content (AvgIpc) is 3.03. The highest BCUT2D eigenvalue weighted by molar-refractivity contribution is 7.90. The Morgan fingerprint density at radius 1 is 0.405 bits per heavy atom. The number of benzene rings is 6. The van der Waals surface area contributed by atoms with Crippen LogP contribution < -0.4 is 9.44 Å². The molecule has 6 nitrogen and oxygen atoms in total. The summed E-state index contributed by atoms with van der Waals surface area (Å²) in [6, 6.07) is 40.0. The van der Waals surface area contributed by atoms with Gasteiger partial charge < -0.3 is 0 Å². The summed E-state index contributed by atoms with van der Waals surface area (Å²) in [5, 5.41) is 2.86. The van der Waals surface area contributed by atoms with Crippen molar-refractivity contribution in [2.24, 2.45) is 0 Å². The third-order valence-electron chi connectivity index (χ3n) is 7.23. The molecule has 0 bridgehead atoms. The predicted molar refractivity (Wildman–Crippen MR) is 168 cm³/mol. The lowest BCUT2D eigenvalue weighted by atomic mass is 9.94. The highest BCUT2D eigenvalue weighted by Gasteiger charge is 2.28. The lowest BCUT2D eigenvalue weighted by Gasteiger charge is -2.20. The first kappa shape index (κ1) is 27.8. The quantitative estimate of drug-likeness (QED) is 0.197. The lowest BCUT2D eigenvalue weighted by Crippen LogP contribution is -2.25. The summed E-state index contributed by atoms with van der Waals surface area (Å²) >= 11 is 0. The standard InChI is InChI=1S/C34H28N2O4S2/c37-41(38,35-23-25-11-3-1-4-12-25)31-21-19-27-15-7-9-17-29(27)33(31)34-30-18-10-8-16-28(30)20-22-32(34)42(39,40)36-24-26-13-5-2-6-14-26/h1-22,35-36H,23-24H2. The van der Waals surface area contributed by atoms with Crippen molar-refractivity contribution in [1.82, 2.24) is 9.44 Å². The number of fused-ring (bicyclic) bond motifs is 2. The van der Waals surface area contributed by atoms with Gasteiger partial charge in [0.05, 0.1) is 9.79 Å². The van der Waals surface area contributed by atoms with Crippen LogP contribution in [0.3, 0.4) is 0 Å². The van der Waals surface area contributed by atoms with Crippen LogP contribution in [-0.4, -0.2) is 16.8 Å². The van der Waals surface area contributed by atoms with E-state index in [1.165, 1.54) is 0 Å². The van der Waals surface area contributed by atoms with Gasteiger partial charge in [-0.1, -0.05) is 121 Å². The largest absolute Gasteiger partial charge is 0.241 e. The molecule has 0 radical (unpaired) electrons. The maximum atomic E-state index is 14.0. The number of nitrogens with one attached hydrogen (secondary N) is 2. The molecule has 210 valence electrons. The summed E-state index contributed by atoms with van der Waals surface area (Å²) in [6.45, 7) is 0.184. The van der Waals surface area contributed by atoms with Gasteiger partial charge in [0, 0.05) is 24.2 Å². The molecule has 0 aliphatic heterocycles. The van der Waals surface area contributed by atoms with Crippen molar-refractivity contribution in [3.63, 3.8) is 0 Å². The first-order valence-corrected chi connectivity index (χ1v) is 16.4. The van der Waals surface area contributed by atoms with Crippen molar-refractivity contribution in [3.8, 4) is 11.1 Å². The third kappa shape index (κ3) is 5.57. The van der Waals surface area contributed by atoms with E-state index in [2.05, 4.69) is 9.44 Å². The lowest BCUT2D eigenvalue weighted by molar-refractivity contribution is 0.579. The predicted octanol–water partition coefficient (Wildman–Crippen LogP) is 6.62. The van der Waals surface area contributed by atoms with Gasteiger partial charge >= 0.3 is 0 Å². The summed E-state index contributed by atoms with van der Waals surface area (Å²) in [7, 11) is -8.16. The molecule has 0 saturated heterocycles. The van der Waals surface area contributed by atoms with E-state index in [0.29, 0.717) is 21.9 Å². The maximum Gasteiger partial charge on any atom is 0.241 e. The van der Waals surface area contributed by atoms with Gasteiger partial charge in [-0.05, 0) is 44.8 Å². The second kappa shape index (κ2) is 11.5. The minimum absolute atomic E-state index is 0.00740. The zero-order chi connectivity index (χ0) is 29.2. The summed E-state index contributed by atoms with van der Waals surface area (Å²) in [5.74, 6) is 0. The molecule has 0 spiro atoms. The average molecular weight is 593 g/mol. The van der Waals surface area contributed by atoms with E-state index < -0.39 is 20.0 Å². The molecule has 0 aliphatic carbocycles. The molecule has 0 saturated carbocycles. The Labute approximate surface area is 245 Å². The SMILES string of the molecule is O=S(=O)(NCc1ccccc1)c1ccc2ccccc2c1-c1c(S(=O)(=O)NCc2ccccc2)ccc2ccccc12. The maximum absolute atomic E-state index is 14.0. The Hall–Kier alpha value is -4.34. The summed E-state index contributed by atoms with van der Waals surface area (Å²) in [5.41, 5.74) is 2.29. The molecule has 0 aromatic heterocycles. The van der Waals surface area contributed by atoms with Gasteiger partial charge in [-0.2, -0.15) is 0 Å². The topological polar surface area (TPSA) is 92.3 Å². The van der Waals surface area contributed by atoms with Crippen molar-refractivity contribution >= 4 is 41.6 Å². The van der Waals surface area contributed by atoms with Crippen LogP contribution in [0.25, 0.3) is 32.7 Å². The molecule has 0 aliphatic rings. The number of rotatable bonds is 9. The van der Waals surface area contributed by atoms with Crippen molar-refractivity contribution < 1.29 is 16.8 Å². The molecular formula is C34H28N2O4S2. The Morgan fingerprint density at radius 3 is 1.17 bits per heavy atom. The van der Waals surface area contributed by atoms with Crippen LogP contribution in [0.15, 0.2) is 143 Å². The zero-order valence-electron chi connectivity index (χ0n) is 22.6. The van der Waals surface area contributed by atoms with E-state index in [-0.39, 0.29) is 22.9 Å². The van der Waals surface area contributed by atoms with Crippen LogP contribution in [0.5, 0.6) is 0 Å². The fraction of sp³-hybridized carbons (Fsp3) is 0.0588. The van der Waals surface area contributed by atoms with Gasteiger partial charge in [0.2, 0.25) is 20.0 Å². The Morgan fingerprint density at radius 2 is 0.762 bits per heavy atom. The van der Waals surface area contributed by atoms with Gasteiger partial charge in [0.25, 0.3) is 0 Å². The first-order chi connectivity index (χ1) is 20.3. The van der Waals surface area contributed by atoms with E-state index in [1.807, 2.05) is 109 Å². The fourth-order valence-corrected chi connectivity index (χ4v) is 7.65. The van der Waals surface area contributed by atoms with E-state index in [1.54, 1.807) is 24.3 Å². The summed E-state index contributed by atoms with van der Waals surface area (Å²) in [4.78, 5) is 0.0148. The highest BCUT2D eigenvalue weighted by Crippen LogP contribution is 2.42. The zero-order valence-corrected chi connectivity index (χ0v) is 24.2. The molecule has 0 unspecified atom stereocenters. The second-order valence-corrected chi connectivity index (χ2v) is 13.4. The minimum Gasteiger partial charge on any atom is -0.207 e. The van der Waals surface area contributed by atoms with E-state index >= 15 is 0 Å². The van der Waals surface area contributed by atoms with Gasteiger partial charge in [0.1, 0.15) is 0 Å². The van der Waals surface area contributed by atoms with Gasteiger partial charge in [-0.15, -0.1) is 0 Å². The van der Waals surface area contributed by atoms with Crippen molar-refractivity contribution in [2.45, 2.75) is 22.9 Å². The molecule has 2 N–H and O–H groups in total. The van der Waals surface area contributed by atoms with E-state index in [4.69, 9.17) is 0 Å². The molecule has 0 heterocycles. The summed E-state index contributed by atoms with van der Waals surface area (Å²) < 4.78 is 61.4. The number of hydrogen-bond acceptors (Lipinski definition) is 4. The molecule has 6 aromatic rings. The van der Waals surface area contributed by atoms with E-state index in [9.17, 15) is 16.8 Å². The van der Waals surface area contributed by atoms with Gasteiger partial charge in [-0.25, -0.2) is 26.3 Å². The molecule has 42 heavy (non-hydrogen) atoms. The molecular weight excluding hydrogens is 565 g/mol. The van der Waals surface area contributed by atoms with Crippen LogP contribution in [-0.2, 0) is 33.1 Å². The van der Waals surface area contributed by atoms with Crippen molar-refractivity contribution in [1.29, 1.82) is 0 Å². The van der Waals surface area contributed by atoms with Crippen LogP contribution in [0.2, 0.25) is 0 Å². The van der Waals surface area contributed by atoms with Crippen molar-refractivity contribution in [3.05, 3.63) is 145 Å². The molecule has 8 heteroatoms. The summed E-state index contributed by atoms with van der Waals surface area (Å²) in [6.07, 6.45) is 0. The fourth-order valence-electron chi connectivity index (χ4n) is 5.17. The van der Waals surface area contributed by atoms with E-state index in [0.717, 1.165) is 21.9 Å². The minimum atomic E-state index is -4.08. The molecule has 0 atom stereocenters. The third-order valence-corrected chi connectivity index (χ3v) is 10.1. The highest BCUT2D eigenvalue weighted by atomic mass is 32.2. The van der Waals surface area contributed by atoms with Crippen molar-refractivity contribution in [2.75, 3.05) is 0 Å². The van der Waals surface area contributed by atoms with Gasteiger partial charge in [-0.3, -0.25) is 0 Å². The van der Waals surface area contributed by atoms with Crippen LogP contribution in [0.1, 0.15) is 11.1 Å². The molecule has 0 fully saturated rings.